The highest BCUT2D eigenvalue weighted by Crippen LogP contribution is 2.20. The highest BCUT2D eigenvalue weighted by Gasteiger charge is 2.23. The summed E-state index contributed by atoms with van der Waals surface area (Å²) in [7, 11) is 0. The number of carbonyl (C=O) groups excluding carboxylic acids is 1. The van der Waals surface area contributed by atoms with Crippen LogP contribution in [0.25, 0.3) is 0 Å². The molecule has 0 radical (unpaired) electrons. The van der Waals surface area contributed by atoms with Gasteiger partial charge in [0.15, 0.2) is 0 Å². The fourth-order valence-corrected chi connectivity index (χ4v) is 1.74. The maximum atomic E-state index is 13.4. The lowest BCUT2D eigenvalue weighted by Crippen LogP contribution is -2.28. The van der Waals surface area contributed by atoms with E-state index in [1.54, 1.807) is 32.0 Å². The zero-order chi connectivity index (χ0) is 13.6. The Kier molecular flexibility index (Phi) is 5.28. The van der Waals surface area contributed by atoms with Crippen molar-refractivity contribution in [3.8, 4) is 0 Å². The van der Waals surface area contributed by atoms with E-state index in [9.17, 15) is 14.3 Å². The van der Waals surface area contributed by atoms with E-state index < -0.39 is 5.60 Å². The van der Waals surface area contributed by atoms with Crippen LogP contribution in [0.4, 0.5) is 4.39 Å². The quantitative estimate of drug-likeness (QED) is 0.793. The molecule has 0 aliphatic rings. The minimum atomic E-state index is -1.12. The van der Waals surface area contributed by atoms with E-state index >= 15 is 0 Å². The fourth-order valence-electron chi connectivity index (χ4n) is 1.74. The van der Waals surface area contributed by atoms with Crippen LogP contribution in [0.1, 0.15) is 32.3 Å². The molecule has 0 saturated heterocycles. The Balaban J connectivity index is 2.54. The van der Waals surface area contributed by atoms with Gasteiger partial charge in [0.2, 0.25) is 0 Å². The fraction of sp³-hybridized carbons (Fsp3) is 0.500. The molecule has 0 aromatic heterocycles. The lowest BCUT2D eigenvalue weighted by Gasteiger charge is -2.23. The van der Waals surface area contributed by atoms with Gasteiger partial charge in [-0.25, -0.2) is 4.39 Å². The second kappa shape index (κ2) is 6.50. The average Bonchev–Trinajstić information content (AvgIpc) is 2.30. The number of benzene rings is 1. The Hall–Kier alpha value is -1.42. The molecule has 0 fully saturated rings. The zero-order valence-corrected chi connectivity index (χ0v) is 10.8. The third-order valence-corrected chi connectivity index (χ3v) is 2.70. The molecule has 1 atom stereocenters. The van der Waals surface area contributed by atoms with E-state index in [1.165, 1.54) is 6.07 Å². The Morgan fingerprint density at radius 3 is 2.72 bits per heavy atom. The summed E-state index contributed by atoms with van der Waals surface area (Å²) in [5, 5.41) is 10.1. The Morgan fingerprint density at radius 1 is 1.44 bits per heavy atom. The normalized spacial score (nSPS) is 14.0. The van der Waals surface area contributed by atoms with E-state index in [4.69, 9.17) is 4.74 Å². The summed E-state index contributed by atoms with van der Waals surface area (Å²) in [4.78, 5) is 11.2. The van der Waals surface area contributed by atoms with Gasteiger partial charge in [-0.2, -0.15) is 0 Å². The predicted octanol–water partition coefficient (Wildman–Crippen LogP) is 2.46. The predicted molar refractivity (Wildman–Crippen MR) is 66.6 cm³/mol. The summed E-state index contributed by atoms with van der Waals surface area (Å²) in [6.45, 7) is 3.66. The van der Waals surface area contributed by atoms with Gasteiger partial charge in [0.05, 0.1) is 12.2 Å². The van der Waals surface area contributed by atoms with Gasteiger partial charge in [0.25, 0.3) is 0 Å². The molecule has 0 amide bonds. The van der Waals surface area contributed by atoms with Crippen molar-refractivity contribution in [1.82, 2.24) is 0 Å². The largest absolute Gasteiger partial charge is 0.466 e. The summed E-state index contributed by atoms with van der Waals surface area (Å²) >= 11 is 0. The SMILES string of the molecule is CCOC(=O)CCC(C)(O)Cc1ccccc1F. The van der Waals surface area contributed by atoms with Gasteiger partial charge in [0, 0.05) is 12.8 Å². The second-order valence-corrected chi connectivity index (χ2v) is 4.57. The topological polar surface area (TPSA) is 46.5 Å². The minimum absolute atomic E-state index is 0.134. The van der Waals surface area contributed by atoms with Crippen LogP contribution in [-0.2, 0) is 16.0 Å². The van der Waals surface area contributed by atoms with Gasteiger partial charge in [-0.15, -0.1) is 0 Å². The van der Waals surface area contributed by atoms with Crippen LogP contribution in [-0.4, -0.2) is 23.3 Å². The molecule has 0 aliphatic carbocycles. The molecule has 100 valence electrons. The van der Waals surface area contributed by atoms with Crippen LogP contribution in [0.15, 0.2) is 24.3 Å². The van der Waals surface area contributed by atoms with Crippen molar-refractivity contribution >= 4 is 5.97 Å². The van der Waals surface area contributed by atoms with Gasteiger partial charge in [-0.3, -0.25) is 4.79 Å². The highest BCUT2D eigenvalue weighted by atomic mass is 19.1. The first-order chi connectivity index (χ1) is 8.44. The summed E-state index contributed by atoms with van der Waals surface area (Å²) in [5.74, 6) is -0.680. The standard InChI is InChI=1S/C14H19FO3/c1-3-18-13(16)8-9-14(2,17)10-11-6-4-5-7-12(11)15/h4-7,17H,3,8-10H2,1-2H3. The van der Waals surface area contributed by atoms with Crippen molar-refractivity contribution < 1.29 is 19.0 Å². The molecule has 0 spiro atoms. The number of aliphatic hydroxyl groups is 1. The maximum Gasteiger partial charge on any atom is 0.305 e. The third-order valence-electron chi connectivity index (χ3n) is 2.70. The van der Waals surface area contributed by atoms with Crippen molar-refractivity contribution in [2.24, 2.45) is 0 Å². The molecule has 4 heteroatoms. The van der Waals surface area contributed by atoms with Crippen molar-refractivity contribution in [1.29, 1.82) is 0 Å². The zero-order valence-electron chi connectivity index (χ0n) is 10.8. The Morgan fingerprint density at radius 2 is 2.11 bits per heavy atom. The molecule has 18 heavy (non-hydrogen) atoms. The molecule has 1 rings (SSSR count). The van der Waals surface area contributed by atoms with E-state index in [-0.39, 0.29) is 31.0 Å². The maximum absolute atomic E-state index is 13.4. The summed E-state index contributed by atoms with van der Waals surface area (Å²) < 4.78 is 18.2. The molecule has 1 aromatic rings. The number of hydrogen-bond acceptors (Lipinski definition) is 3. The number of carbonyl (C=O) groups is 1. The molecule has 1 aromatic carbocycles. The van der Waals surface area contributed by atoms with Gasteiger partial charge in [-0.1, -0.05) is 18.2 Å². The summed E-state index contributed by atoms with van der Waals surface area (Å²) in [6.07, 6.45) is 0.564. The lowest BCUT2D eigenvalue weighted by atomic mass is 9.91. The molecule has 0 heterocycles. The first-order valence-corrected chi connectivity index (χ1v) is 6.06. The smallest absolute Gasteiger partial charge is 0.305 e. The second-order valence-electron chi connectivity index (χ2n) is 4.57. The number of esters is 1. The number of halogens is 1. The van der Waals surface area contributed by atoms with Crippen molar-refractivity contribution in [2.75, 3.05) is 6.61 Å². The van der Waals surface area contributed by atoms with Crippen molar-refractivity contribution in [3.63, 3.8) is 0 Å². The molecule has 0 bridgehead atoms. The summed E-state index contributed by atoms with van der Waals surface area (Å²) in [5.41, 5.74) is -0.666. The Labute approximate surface area is 107 Å². The van der Waals surface area contributed by atoms with Gasteiger partial charge >= 0.3 is 5.97 Å². The van der Waals surface area contributed by atoms with Crippen LogP contribution < -0.4 is 0 Å². The van der Waals surface area contributed by atoms with Crippen LogP contribution in [0, 0.1) is 5.82 Å². The van der Waals surface area contributed by atoms with E-state index in [0.29, 0.717) is 12.2 Å². The van der Waals surface area contributed by atoms with Crippen LogP contribution in [0.3, 0.4) is 0 Å². The van der Waals surface area contributed by atoms with E-state index in [1.807, 2.05) is 0 Å². The number of hydrogen-bond donors (Lipinski definition) is 1. The van der Waals surface area contributed by atoms with Crippen LogP contribution in [0.2, 0.25) is 0 Å². The molecule has 3 nitrogen and oxygen atoms in total. The summed E-state index contributed by atoms with van der Waals surface area (Å²) in [6, 6.07) is 6.32. The highest BCUT2D eigenvalue weighted by molar-refractivity contribution is 5.69. The average molecular weight is 254 g/mol. The molecule has 1 unspecified atom stereocenters. The first kappa shape index (κ1) is 14.6. The molecular formula is C14H19FO3. The van der Waals surface area contributed by atoms with Crippen LogP contribution in [0.5, 0.6) is 0 Å². The van der Waals surface area contributed by atoms with E-state index in [2.05, 4.69) is 0 Å². The molecule has 0 saturated carbocycles. The molecular weight excluding hydrogens is 235 g/mol. The van der Waals surface area contributed by atoms with E-state index in [0.717, 1.165) is 0 Å². The number of rotatable bonds is 6. The van der Waals surface area contributed by atoms with Gasteiger partial charge in [-0.05, 0) is 31.9 Å². The number of ether oxygens (including phenoxy) is 1. The van der Waals surface area contributed by atoms with Crippen LogP contribution >= 0.6 is 0 Å². The molecule has 1 N–H and O–H groups in total. The van der Waals surface area contributed by atoms with Crippen molar-refractivity contribution in [3.05, 3.63) is 35.6 Å². The molecule has 0 aliphatic heterocycles. The third kappa shape index (κ3) is 4.84. The lowest BCUT2D eigenvalue weighted by molar-refractivity contribution is -0.144. The Bertz CT molecular complexity index is 402. The van der Waals surface area contributed by atoms with Gasteiger partial charge < -0.3 is 9.84 Å². The van der Waals surface area contributed by atoms with Crippen molar-refractivity contribution in [2.45, 2.75) is 38.7 Å². The first-order valence-electron chi connectivity index (χ1n) is 6.06. The monoisotopic (exact) mass is 254 g/mol. The minimum Gasteiger partial charge on any atom is -0.466 e. The van der Waals surface area contributed by atoms with Gasteiger partial charge in [0.1, 0.15) is 5.82 Å².